The second-order valence-electron chi connectivity index (χ2n) is 10.2. The van der Waals surface area contributed by atoms with E-state index in [9.17, 15) is 24.1 Å². The van der Waals surface area contributed by atoms with Gasteiger partial charge in [0.05, 0.1) is 12.7 Å². The summed E-state index contributed by atoms with van der Waals surface area (Å²) in [5.41, 5.74) is -2.82. The van der Waals surface area contributed by atoms with Gasteiger partial charge in [-0.25, -0.2) is 13.8 Å². The van der Waals surface area contributed by atoms with Crippen molar-refractivity contribution in [1.82, 2.24) is 14.6 Å². The fourth-order valence-corrected chi connectivity index (χ4v) is 5.90. The van der Waals surface area contributed by atoms with E-state index >= 15 is 4.39 Å². The second-order valence-corrected chi connectivity index (χ2v) is 11.9. The first-order valence-electron chi connectivity index (χ1n) is 13.2. The Morgan fingerprint density at radius 2 is 1.81 bits per heavy atom. The number of aromatic amines is 1. The van der Waals surface area contributed by atoms with Gasteiger partial charge in [-0.3, -0.25) is 23.7 Å². The van der Waals surface area contributed by atoms with Gasteiger partial charge in [0.25, 0.3) is 5.56 Å². The number of H-pyrrole nitrogens is 1. The lowest BCUT2D eigenvalue weighted by Crippen LogP contribution is -2.43. The average molecular weight is 606 g/mol. The molecule has 226 valence electrons. The van der Waals surface area contributed by atoms with Crippen LogP contribution in [0.1, 0.15) is 33.9 Å². The molecule has 0 amide bonds. The topological polar surface area (TPSA) is 158 Å². The van der Waals surface area contributed by atoms with Crippen LogP contribution in [0.3, 0.4) is 0 Å². The maximum absolute atomic E-state index is 15.7. The molecule has 1 aliphatic rings. The molecule has 1 aromatic heterocycles. The molecule has 3 aromatic rings. The highest BCUT2D eigenvalue weighted by atomic mass is 31.2. The van der Waals surface area contributed by atoms with E-state index < -0.39 is 67.8 Å². The predicted molar refractivity (Wildman–Crippen MR) is 151 cm³/mol. The highest BCUT2D eigenvalue weighted by Crippen LogP contribution is 2.49. The number of para-hydroxylation sites is 1. The number of ether oxygens (including phenoxy) is 2. The number of benzene rings is 2. The molecule has 6 atom stereocenters. The third kappa shape index (κ3) is 7.05. The van der Waals surface area contributed by atoms with E-state index in [2.05, 4.69) is 5.09 Å². The lowest BCUT2D eigenvalue weighted by molar-refractivity contribution is -0.149. The van der Waals surface area contributed by atoms with Crippen molar-refractivity contribution < 1.29 is 37.4 Å². The molecule has 0 spiro atoms. The Morgan fingerprint density at radius 3 is 2.48 bits per heavy atom. The molecule has 12 nitrogen and oxygen atoms in total. The molecule has 1 saturated heterocycles. The van der Waals surface area contributed by atoms with Gasteiger partial charge in [0, 0.05) is 17.8 Å². The summed E-state index contributed by atoms with van der Waals surface area (Å²) in [5.74, 6) is -0.565. The zero-order valence-corrected chi connectivity index (χ0v) is 24.3. The van der Waals surface area contributed by atoms with E-state index in [4.69, 9.17) is 18.5 Å². The molecule has 4 rings (SSSR count). The van der Waals surface area contributed by atoms with Crippen molar-refractivity contribution >= 4 is 13.7 Å². The van der Waals surface area contributed by atoms with Gasteiger partial charge < -0.3 is 19.1 Å². The SMILES string of the molecule is CC(C)OC(=O)C(C)NP(=O)(OC[C@H]1O[C@@H](n2ccc(=O)[nH]c2=O)[C@](C)(F)[C@@H]1O)Oc1ccccc1-c1ccccc1. The number of aliphatic hydroxyl groups excluding tert-OH is 1. The van der Waals surface area contributed by atoms with Crippen LogP contribution in [-0.2, 0) is 23.4 Å². The maximum atomic E-state index is 15.7. The van der Waals surface area contributed by atoms with Crippen molar-refractivity contribution in [3.05, 3.63) is 87.7 Å². The Hall–Kier alpha value is -3.61. The van der Waals surface area contributed by atoms with Crippen molar-refractivity contribution in [3.8, 4) is 16.9 Å². The largest absolute Gasteiger partial charge is 0.462 e. The lowest BCUT2D eigenvalue weighted by atomic mass is 9.98. The number of hydrogen-bond donors (Lipinski definition) is 3. The van der Waals surface area contributed by atoms with Gasteiger partial charge in [-0.2, -0.15) is 5.09 Å². The van der Waals surface area contributed by atoms with Gasteiger partial charge in [0.15, 0.2) is 11.9 Å². The molecule has 0 aliphatic carbocycles. The van der Waals surface area contributed by atoms with E-state index in [1.54, 1.807) is 38.1 Å². The summed E-state index contributed by atoms with van der Waals surface area (Å²) in [4.78, 5) is 38.3. The van der Waals surface area contributed by atoms with Crippen LogP contribution in [0.15, 0.2) is 76.4 Å². The standard InChI is InChI=1S/C28H33FN3O9P/c1-17(2)39-25(35)18(3)31-42(37,41-21-13-9-8-12-20(21)19-10-6-5-7-11-19)38-16-22-24(34)28(4,29)26(40-22)32-15-14-23(33)30-27(32)36/h5-15,17-18,22,24,26,34H,16H2,1-4H3,(H,31,37)(H,30,33,36)/t18?,22-,24-,26-,28-,42?/m1/s1. The summed E-state index contributed by atoms with van der Waals surface area (Å²) in [6, 6.07) is 15.7. The molecule has 2 unspecified atom stereocenters. The normalized spacial score (nSPS) is 24.2. The van der Waals surface area contributed by atoms with Crippen molar-refractivity contribution in [3.63, 3.8) is 0 Å². The first-order chi connectivity index (χ1) is 19.8. The summed E-state index contributed by atoms with van der Waals surface area (Å²) in [6.07, 6.45) is -4.31. The van der Waals surface area contributed by atoms with Crippen LogP contribution in [0.5, 0.6) is 5.75 Å². The van der Waals surface area contributed by atoms with Crippen LogP contribution in [0.4, 0.5) is 4.39 Å². The molecular weight excluding hydrogens is 572 g/mol. The highest BCUT2D eigenvalue weighted by molar-refractivity contribution is 7.52. The number of rotatable bonds is 11. The summed E-state index contributed by atoms with van der Waals surface area (Å²) < 4.78 is 53.0. The van der Waals surface area contributed by atoms with Gasteiger partial charge in [-0.1, -0.05) is 48.5 Å². The van der Waals surface area contributed by atoms with Crippen LogP contribution in [-0.4, -0.2) is 57.3 Å². The minimum Gasteiger partial charge on any atom is -0.462 e. The van der Waals surface area contributed by atoms with E-state index in [0.717, 1.165) is 29.3 Å². The molecule has 2 aromatic carbocycles. The number of esters is 1. The molecule has 1 aliphatic heterocycles. The third-order valence-corrected chi connectivity index (χ3v) is 8.11. The van der Waals surface area contributed by atoms with Crippen LogP contribution in [0, 0.1) is 0 Å². The highest BCUT2D eigenvalue weighted by Gasteiger charge is 2.56. The van der Waals surface area contributed by atoms with Crippen molar-refractivity contribution in [1.29, 1.82) is 0 Å². The van der Waals surface area contributed by atoms with Crippen LogP contribution < -0.4 is 20.9 Å². The number of aliphatic hydroxyl groups is 1. The molecule has 14 heteroatoms. The van der Waals surface area contributed by atoms with Gasteiger partial charge in [0.2, 0.25) is 0 Å². The fraction of sp³-hybridized carbons (Fsp3) is 0.393. The summed E-state index contributed by atoms with van der Waals surface area (Å²) in [7, 11) is -4.45. The Kier molecular flexibility index (Phi) is 9.49. The number of alkyl halides is 1. The molecule has 1 fully saturated rings. The lowest BCUT2D eigenvalue weighted by Gasteiger charge is -2.26. The van der Waals surface area contributed by atoms with Crippen LogP contribution >= 0.6 is 7.75 Å². The van der Waals surface area contributed by atoms with E-state index in [-0.39, 0.29) is 5.75 Å². The molecule has 3 N–H and O–H groups in total. The first-order valence-corrected chi connectivity index (χ1v) is 14.8. The first kappa shape index (κ1) is 31.3. The monoisotopic (exact) mass is 605 g/mol. The molecule has 0 radical (unpaired) electrons. The Bertz CT molecular complexity index is 1560. The van der Waals surface area contributed by atoms with E-state index in [1.807, 2.05) is 35.3 Å². The smallest absolute Gasteiger partial charge is 0.459 e. The van der Waals surface area contributed by atoms with Gasteiger partial charge >= 0.3 is 19.4 Å². The van der Waals surface area contributed by atoms with E-state index in [1.165, 1.54) is 6.92 Å². The minimum absolute atomic E-state index is 0.157. The number of aromatic nitrogens is 2. The molecule has 0 saturated carbocycles. The zero-order chi connectivity index (χ0) is 30.7. The summed E-state index contributed by atoms with van der Waals surface area (Å²) in [6.45, 7) is 5.08. The van der Waals surface area contributed by atoms with Gasteiger partial charge in [-0.05, 0) is 39.3 Å². The minimum atomic E-state index is -4.45. The van der Waals surface area contributed by atoms with Crippen molar-refractivity contribution in [2.75, 3.05) is 6.61 Å². The van der Waals surface area contributed by atoms with Crippen LogP contribution in [0.2, 0.25) is 0 Å². The molecule has 2 heterocycles. The second kappa shape index (κ2) is 12.7. The number of hydrogen-bond acceptors (Lipinski definition) is 9. The van der Waals surface area contributed by atoms with Crippen molar-refractivity contribution in [2.45, 2.75) is 63.9 Å². The molecule has 0 bridgehead atoms. The fourth-order valence-electron chi connectivity index (χ4n) is 4.38. The van der Waals surface area contributed by atoms with Gasteiger partial charge in [-0.15, -0.1) is 0 Å². The summed E-state index contributed by atoms with van der Waals surface area (Å²) in [5, 5.41) is 13.3. The van der Waals surface area contributed by atoms with Crippen molar-refractivity contribution in [2.24, 2.45) is 0 Å². The number of nitrogens with zero attached hydrogens (tertiary/aromatic N) is 1. The third-order valence-electron chi connectivity index (χ3n) is 6.48. The Balaban J connectivity index is 1.61. The maximum Gasteiger partial charge on any atom is 0.459 e. The van der Waals surface area contributed by atoms with Gasteiger partial charge in [0.1, 0.15) is 24.0 Å². The number of halogens is 1. The summed E-state index contributed by atoms with van der Waals surface area (Å²) >= 11 is 0. The Morgan fingerprint density at radius 1 is 1.14 bits per heavy atom. The molecule has 42 heavy (non-hydrogen) atoms. The Labute approximate surface area is 241 Å². The average Bonchev–Trinajstić information content (AvgIpc) is 3.16. The number of carbonyl (C=O) groups is 1. The van der Waals surface area contributed by atoms with E-state index in [0.29, 0.717) is 5.56 Å². The predicted octanol–water partition coefficient (Wildman–Crippen LogP) is 3.32. The molecular formula is C28H33FN3O9P. The number of nitrogens with one attached hydrogen (secondary N) is 2. The number of carbonyl (C=O) groups excluding carboxylic acids is 1. The van der Waals surface area contributed by atoms with Crippen LogP contribution in [0.25, 0.3) is 11.1 Å². The zero-order valence-electron chi connectivity index (χ0n) is 23.4. The quantitative estimate of drug-likeness (QED) is 0.219.